The minimum atomic E-state index is -0.239. The summed E-state index contributed by atoms with van der Waals surface area (Å²) < 4.78 is 18.7. The van der Waals surface area contributed by atoms with Gasteiger partial charge in [0, 0.05) is 25.0 Å². The van der Waals surface area contributed by atoms with Crippen LogP contribution in [-0.4, -0.2) is 24.7 Å². The van der Waals surface area contributed by atoms with Crippen molar-refractivity contribution in [3.05, 3.63) is 59.7 Å². The number of ether oxygens (including phenoxy) is 1. The van der Waals surface area contributed by atoms with Gasteiger partial charge >= 0.3 is 0 Å². The molecule has 1 saturated heterocycles. The van der Waals surface area contributed by atoms with Crippen molar-refractivity contribution in [1.82, 2.24) is 4.98 Å². The molecule has 0 amide bonds. The fraction of sp³-hybridized carbons (Fsp3) is 0.250. The molecule has 1 aliphatic heterocycles. The van der Waals surface area contributed by atoms with Crippen LogP contribution in [0.3, 0.4) is 0 Å². The Hall–Kier alpha value is -2.45. The molecule has 0 saturated carbocycles. The molecular weight excluding hydrogens is 269 g/mol. The lowest BCUT2D eigenvalue weighted by atomic mass is 10.1. The van der Waals surface area contributed by atoms with E-state index in [4.69, 9.17) is 10.00 Å². The Labute approximate surface area is 122 Å². The van der Waals surface area contributed by atoms with Crippen LogP contribution in [-0.2, 0) is 4.74 Å². The zero-order valence-electron chi connectivity index (χ0n) is 11.4. The maximum absolute atomic E-state index is 13.0. The van der Waals surface area contributed by atoms with Crippen LogP contribution in [0.4, 0.5) is 10.1 Å². The predicted octanol–water partition coefficient (Wildman–Crippen LogP) is 2.67. The van der Waals surface area contributed by atoms with E-state index < -0.39 is 0 Å². The van der Waals surface area contributed by atoms with Crippen LogP contribution in [0.2, 0.25) is 0 Å². The third-order valence-electron chi connectivity index (χ3n) is 3.50. The standard InChI is InChI=1S/C16H14FN3O/c17-13-2-4-14(5-3-13)20-7-8-21-16(11-20)15-6-1-12(9-18)10-19-15/h1-6,10,16H,7-8,11H2/t16-/m1/s1. The monoisotopic (exact) mass is 283 g/mol. The predicted molar refractivity (Wildman–Crippen MR) is 76.3 cm³/mol. The molecule has 21 heavy (non-hydrogen) atoms. The topological polar surface area (TPSA) is 49.2 Å². The van der Waals surface area contributed by atoms with Gasteiger partial charge in [-0.05, 0) is 36.4 Å². The maximum atomic E-state index is 13.0. The number of hydrogen-bond acceptors (Lipinski definition) is 4. The summed E-state index contributed by atoms with van der Waals surface area (Å²) in [6, 6.07) is 12.1. The first kappa shape index (κ1) is 13.5. The van der Waals surface area contributed by atoms with Gasteiger partial charge < -0.3 is 9.64 Å². The third kappa shape index (κ3) is 3.01. The Balaban J connectivity index is 1.76. The van der Waals surface area contributed by atoms with Crippen LogP contribution in [0, 0.1) is 17.1 Å². The van der Waals surface area contributed by atoms with Crippen molar-refractivity contribution in [2.24, 2.45) is 0 Å². The van der Waals surface area contributed by atoms with Crippen molar-refractivity contribution >= 4 is 5.69 Å². The highest BCUT2D eigenvalue weighted by Gasteiger charge is 2.23. The highest BCUT2D eigenvalue weighted by Crippen LogP contribution is 2.25. The number of morpholine rings is 1. The molecule has 2 heterocycles. The SMILES string of the molecule is N#Cc1ccc([C@H]2CN(c3ccc(F)cc3)CCO2)nc1. The molecule has 0 unspecified atom stereocenters. The third-order valence-corrected chi connectivity index (χ3v) is 3.50. The molecule has 3 rings (SSSR count). The van der Waals surface area contributed by atoms with E-state index in [-0.39, 0.29) is 11.9 Å². The summed E-state index contributed by atoms with van der Waals surface area (Å²) in [5.74, 6) is -0.239. The molecule has 1 atom stereocenters. The quantitative estimate of drug-likeness (QED) is 0.850. The van der Waals surface area contributed by atoms with Crippen molar-refractivity contribution in [1.29, 1.82) is 5.26 Å². The molecule has 2 aromatic rings. The Bertz CT molecular complexity index is 649. The van der Waals surface area contributed by atoms with E-state index in [2.05, 4.69) is 9.88 Å². The van der Waals surface area contributed by atoms with Gasteiger partial charge in [-0.2, -0.15) is 5.26 Å². The Morgan fingerprint density at radius 1 is 1.24 bits per heavy atom. The van der Waals surface area contributed by atoms with Crippen LogP contribution >= 0.6 is 0 Å². The molecule has 106 valence electrons. The molecule has 1 fully saturated rings. The van der Waals surface area contributed by atoms with E-state index in [1.807, 2.05) is 12.1 Å². The second-order valence-corrected chi connectivity index (χ2v) is 4.87. The van der Waals surface area contributed by atoms with E-state index in [9.17, 15) is 4.39 Å². The van der Waals surface area contributed by atoms with Crippen LogP contribution in [0.25, 0.3) is 0 Å². The van der Waals surface area contributed by atoms with Gasteiger partial charge in [0.05, 0.1) is 17.9 Å². The lowest BCUT2D eigenvalue weighted by Gasteiger charge is -2.34. The first-order valence-electron chi connectivity index (χ1n) is 6.74. The van der Waals surface area contributed by atoms with Crippen LogP contribution in [0.15, 0.2) is 42.6 Å². The smallest absolute Gasteiger partial charge is 0.123 e. The fourth-order valence-corrected chi connectivity index (χ4v) is 2.38. The zero-order valence-corrected chi connectivity index (χ0v) is 11.4. The zero-order chi connectivity index (χ0) is 14.7. The second-order valence-electron chi connectivity index (χ2n) is 4.87. The molecule has 0 spiro atoms. The number of nitriles is 1. The van der Waals surface area contributed by atoms with Gasteiger partial charge in [0.15, 0.2) is 0 Å². The number of nitrogens with zero attached hydrogens (tertiary/aromatic N) is 3. The molecule has 0 aliphatic carbocycles. The number of hydrogen-bond donors (Lipinski definition) is 0. The first-order valence-corrected chi connectivity index (χ1v) is 6.74. The minimum Gasteiger partial charge on any atom is -0.368 e. The van der Waals surface area contributed by atoms with Gasteiger partial charge in [0.2, 0.25) is 0 Å². The first-order chi connectivity index (χ1) is 10.3. The molecule has 0 radical (unpaired) electrons. The summed E-state index contributed by atoms with van der Waals surface area (Å²) in [6.07, 6.45) is 1.41. The highest BCUT2D eigenvalue weighted by molar-refractivity contribution is 5.47. The molecule has 1 aromatic heterocycles. The van der Waals surface area contributed by atoms with Gasteiger partial charge in [-0.15, -0.1) is 0 Å². The molecule has 0 bridgehead atoms. The molecule has 1 aromatic carbocycles. The number of aromatic nitrogens is 1. The van der Waals surface area contributed by atoms with Gasteiger partial charge in [-0.1, -0.05) is 0 Å². The average Bonchev–Trinajstić information content (AvgIpc) is 2.56. The summed E-state index contributed by atoms with van der Waals surface area (Å²) in [5, 5.41) is 8.79. The van der Waals surface area contributed by atoms with Crippen molar-refractivity contribution in [2.75, 3.05) is 24.6 Å². The molecule has 4 nitrogen and oxygen atoms in total. The van der Waals surface area contributed by atoms with Crippen molar-refractivity contribution < 1.29 is 9.13 Å². The molecule has 1 aliphatic rings. The maximum Gasteiger partial charge on any atom is 0.123 e. The van der Waals surface area contributed by atoms with Crippen molar-refractivity contribution in [3.63, 3.8) is 0 Å². The Kier molecular flexibility index (Phi) is 3.80. The molecule has 5 heteroatoms. The van der Waals surface area contributed by atoms with Crippen molar-refractivity contribution in [3.8, 4) is 6.07 Å². The number of pyridine rings is 1. The summed E-state index contributed by atoms with van der Waals surface area (Å²) in [6.45, 7) is 2.01. The number of rotatable bonds is 2. The summed E-state index contributed by atoms with van der Waals surface area (Å²) in [7, 11) is 0. The Morgan fingerprint density at radius 3 is 2.71 bits per heavy atom. The summed E-state index contributed by atoms with van der Waals surface area (Å²) >= 11 is 0. The van der Waals surface area contributed by atoms with E-state index in [0.29, 0.717) is 18.7 Å². The lowest BCUT2D eigenvalue weighted by Crippen LogP contribution is -2.38. The second kappa shape index (κ2) is 5.90. The summed E-state index contributed by atoms with van der Waals surface area (Å²) in [5.41, 5.74) is 2.31. The minimum absolute atomic E-state index is 0.142. The van der Waals surface area contributed by atoms with E-state index in [1.165, 1.54) is 12.1 Å². The Morgan fingerprint density at radius 2 is 2.05 bits per heavy atom. The van der Waals surface area contributed by atoms with Crippen LogP contribution in [0.1, 0.15) is 17.4 Å². The van der Waals surface area contributed by atoms with E-state index in [0.717, 1.165) is 17.9 Å². The van der Waals surface area contributed by atoms with E-state index >= 15 is 0 Å². The van der Waals surface area contributed by atoms with Crippen LogP contribution in [0.5, 0.6) is 0 Å². The highest BCUT2D eigenvalue weighted by atomic mass is 19.1. The largest absolute Gasteiger partial charge is 0.368 e. The van der Waals surface area contributed by atoms with Crippen LogP contribution < -0.4 is 4.90 Å². The number of anilines is 1. The average molecular weight is 283 g/mol. The van der Waals surface area contributed by atoms with Gasteiger partial charge in [-0.25, -0.2) is 4.39 Å². The van der Waals surface area contributed by atoms with E-state index in [1.54, 1.807) is 24.4 Å². The summed E-state index contributed by atoms with van der Waals surface area (Å²) in [4.78, 5) is 6.43. The van der Waals surface area contributed by atoms with Crippen molar-refractivity contribution in [2.45, 2.75) is 6.10 Å². The molecular formula is C16H14FN3O. The van der Waals surface area contributed by atoms with Gasteiger partial charge in [0.25, 0.3) is 0 Å². The van der Waals surface area contributed by atoms with Gasteiger partial charge in [0.1, 0.15) is 18.0 Å². The number of halogens is 1. The normalized spacial score (nSPS) is 18.3. The lowest BCUT2D eigenvalue weighted by molar-refractivity contribution is 0.0370. The number of benzene rings is 1. The van der Waals surface area contributed by atoms with Gasteiger partial charge in [-0.3, -0.25) is 4.98 Å². The fourth-order valence-electron chi connectivity index (χ4n) is 2.38. The molecule has 0 N–H and O–H groups in total.